The van der Waals surface area contributed by atoms with E-state index < -0.39 is 0 Å². The van der Waals surface area contributed by atoms with Gasteiger partial charge in [-0.15, -0.1) is 0 Å². The molecule has 1 heterocycles. The molecule has 2 rings (SSSR count). The number of hydrogen-bond acceptors (Lipinski definition) is 2. The zero-order chi connectivity index (χ0) is 9.97. The first kappa shape index (κ1) is 9.21. The number of halogens is 1. The molecule has 0 saturated carbocycles. The lowest BCUT2D eigenvalue weighted by molar-refractivity contribution is 0.880. The van der Waals surface area contributed by atoms with Crippen LogP contribution >= 0.6 is 22.6 Å². The molecule has 0 aliphatic carbocycles. The maximum Gasteiger partial charge on any atom is 0.102 e. The van der Waals surface area contributed by atoms with Gasteiger partial charge in [0.05, 0.1) is 17.4 Å². The highest BCUT2D eigenvalue weighted by Crippen LogP contribution is 2.10. The van der Waals surface area contributed by atoms with Gasteiger partial charge in [-0.3, -0.25) is 0 Å². The fourth-order valence-corrected chi connectivity index (χ4v) is 1.48. The van der Waals surface area contributed by atoms with Crippen molar-refractivity contribution in [3.05, 3.63) is 45.8 Å². The quantitative estimate of drug-likeness (QED) is 0.758. The Morgan fingerprint density at radius 3 is 2.57 bits per heavy atom. The van der Waals surface area contributed by atoms with Crippen molar-refractivity contribution in [3.63, 3.8) is 0 Å². The predicted molar refractivity (Wildman–Crippen MR) is 61.0 cm³/mol. The van der Waals surface area contributed by atoms with Crippen LogP contribution in [-0.2, 0) is 0 Å². The third kappa shape index (κ3) is 1.77. The first-order chi connectivity index (χ1) is 6.79. The van der Waals surface area contributed by atoms with Gasteiger partial charge in [0, 0.05) is 9.77 Å². The minimum absolute atomic E-state index is 0.573. The van der Waals surface area contributed by atoms with Crippen LogP contribution in [0.3, 0.4) is 0 Å². The predicted octanol–water partition coefficient (Wildman–Crippen LogP) is 2.35. The highest BCUT2D eigenvalue weighted by Gasteiger charge is 1.99. The summed E-state index contributed by atoms with van der Waals surface area (Å²) in [6.07, 6.45) is 3.26. The second-order valence-corrected chi connectivity index (χ2v) is 4.01. The summed E-state index contributed by atoms with van der Waals surface area (Å²) >= 11 is 2.25. The lowest BCUT2D eigenvalue weighted by Gasteiger charge is -1.99. The van der Waals surface area contributed by atoms with Crippen molar-refractivity contribution < 1.29 is 0 Å². The van der Waals surface area contributed by atoms with E-state index in [0.29, 0.717) is 5.56 Å². The lowest BCUT2D eigenvalue weighted by Crippen LogP contribution is -1.93. The summed E-state index contributed by atoms with van der Waals surface area (Å²) in [7, 11) is 0. The summed E-state index contributed by atoms with van der Waals surface area (Å²) in [5.41, 5.74) is 1.54. The molecular weight excluding hydrogens is 289 g/mol. The molecule has 2 aromatic rings. The molecule has 1 aromatic heterocycles. The first-order valence-electron chi connectivity index (χ1n) is 4.00. The molecule has 0 bridgehead atoms. The molecule has 1 aromatic carbocycles. The minimum Gasteiger partial charge on any atom is -0.240 e. The van der Waals surface area contributed by atoms with Crippen molar-refractivity contribution in [2.24, 2.45) is 0 Å². The zero-order valence-electron chi connectivity index (χ0n) is 7.18. The van der Waals surface area contributed by atoms with Crippen LogP contribution in [0, 0.1) is 14.9 Å². The Morgan fingerprint density at radius 2 is 2.00 bits per heavy atom. The van der Waals surface area contributed by atoms with Gasteiger partial charge in [0.2, 0.25) is 0 Å². The normalized spacial score (nSPS) is 9.71. The van der Waals surface area contributed by atoms with Crippen molar-refractivity contribution in [3.8, 4) is 11.8 Å². The van der Waals surface area contributed by atoms with Crippen LogP contribution in [0.2, 0.25) is 0 Å². The molecule has 14 heavy (non-hydrogen) atoms. The summed E-state index contributed by atoms with van der Waals surface area (Å²) < 4.78 is 2.87. The number of nitriles is 1. The largest absolute Gasteiger partial charge is 0.240 e. The molecule has 3 nitrogen and oxygen atoms in total. The van der Waals surface area contributed by atoms with Crippen molar-refractivity contribution in [1.82, 2.24) is 9.78 Å². The molecular formula is C10H6IN3. The summed E-state index contributed by atoms with van der Waals surface area (Å²) in [4.78, 5) is 0. The van der Waals surface area contributed by atoms with Gasteiger partial charge in [0.15, 0.2) is 0 Å². The maximum atomic E-state index is 8.64. The smallest absolute Gasteiger partial charge is 0.102 e. The Labute approximate surface area is 95.1 Å². The molecule has 0 atom stereocenters. The van der Waals surface area contributed by atoms with E-state index in [4.69, 9.17) is 5.26 Å². The van der Waals surface area contributed by atoms with Crippen LogP contribution in [0.25, 0.3) is 5.69 Å². The van der Waals surface area contributed by atoms with Crippen molar-refractivity contribution in [2.75, 3.05) is 0 Å². The van der Waals surface area contributed by atoms with Gasteiger partial charge in [-0.1, -0.05) is 0 Å². The Kier molecular flexibility index (Phi) is 2.50. The van der Waals surface area contributed by atoms with Crippen LogP contribution in [0.5, 0.6) is 0 Å². The number of rotatable bonds is 1. The van der Waals surface area contributed by atoms with Gasteiger partial charge in [0.1, 0.15) is 6.07 Å². The van der Waals surface area contributed by atoms with E-state index in [2.05, 4.69) is 27.7 Å². The topological polar surface area (TPSA) is 41.6 Å². The van der Waals surface area contributed by atoms with E-state index in [0.717, 1.165) is 5.69 Å². The summed E-state index contributed by atoms with van der Waals surface area (Å²) in [6, 6.07) is 9.99. The average Bonchev–Trinajstić information content (AvgIpc) is 2.67. The van der Waals surface area contributed by atoms with Crippen molar-refractivity contribution in [2.45, 2.75) is 0 Å². The molecule has 0 fully saturated rings. The van der Waals surface area contributed by atoms with Crippen molar-refractivity contribution >= 4 is 22.6 Å². The molecule has 0 spiro atoms. The molecule has 0 aliphatic heterocycles. The second-order valence-electron chi connectivity index (χ2n) is 2.76. The Bertz CT molecular complexity index is 479. The lowest BCUT2D eigenvalue weighted by atomic mass is 10.3. The summed E-state index contributed by atoms with van der Waals surface area (Å²) in [6.45, 7) is 0. The van der Waals surface area contributed by atoms with Gasteiger partial charge in [-0.05, 0) is 46.9 Å². The molecule has 0 radical (unpaired) electrons. The summed E-state index contributed by atoms with van der Waals surface area (Å²) in [5.74, 6) is 0. The zero-order valence-corrected chi connectivity index (χ0v) is 9.34. The highest BCUT2D eigenvalue weighted by molar-refractivity contribution is 14.1. The first-order valence-corrected chi connectivity index (χ1v) is 5.08. The number of benzene rings is 1. The van der Waals surface area contributed by atoms with Crippen LogP contribution in [0.4, 0.5) is 0 Å². The van der Waals surface area contributed by atoms with Crippen molar-refractivity contribution in [1.29, 1.82) is 5.26 Å². The number of aromatic nitrogens is 2. The Hall–Kier alpha value is -1.35. The van der Waals surface area contributed by atoms with Crippen LogP contribution in [0.15, 0.2) is 36.7 Å². The second kappa shape index (κ2) is 3.80. The van der Waals surface area contributed by atoms with Crippen LogP contribution < -0.4 is 0 Å². The van der Waals surface area contributed by atoms with Gasteiger partial charge < -0.3 is 0 Å². The Morgan fingerprint density at radius 1 is 1.29 bits per heavy atom. The third-order valence-corrected chi connectivity index (χ3v) is 2.52. The van der Waals surface area contributed by atoms with E-state index >= 15 is 0 Å². The van der Waals surface area contributed by atoms with E-state index in [1.54, 1.807) is 17.1 Å². The SMILES string of the molecule is N#Cc1cnn(-c2ccc(I)cc2)c1. The third-order valence-electron chi connectivity index (χ3n) is 1.80. The molecule has 0 unspecified atom stereocenters. The molecule has 68 valence electrons. The van der Waals surface area contributed by atoms with E-state index in [9.17, 15) is 0 Å². The molecule has 4 heteroatoms. The fraction of sp³-hybridized carbons (Fsp3) is 0. The highest BCUT2D eigenvalue weighted by atomic mass is 127. The minimum atomic E-state index is 0.573. The number of hydrogen-bond donors (Lipinski definition) is 0. The molecule has 0 saturated heterocycles. The monoisotopic (exact) mass is 295 g/mol. The summed E-state index contributed by atoms with van der Waals surface area (Å²) in [5, 5.41) is 12.7. The van der Waals surface area contributed by atoms with Gasteiger partial charge >= 0.3 is 0 Å². The van der Waals surface area contributed by atoms with Gasteiger partial charge in [-0.2, -0.15) is 10.4 Å². The van der Waals surface area contributed by atoms with Crippen LogP contribution in [-0.4, -0.2) is 9.78 Å². The molecule has 0 N–H and O–H groups in total. The van der Waals surface area contributed by atoms with Gasteiger partial charge in [-0.25, -0.2) is 4.68 Å². The molecule has 0 aliphatic rings. The number of nitrogens with zero attached hydrogens (tertiary/aromatic N) is 3. The Balaban J connectivity index is 2.40. The van der Waals surface area contributed by atoms with E-state index in [-0.39, 0.29) is 0 Å². The van der Waals surface area contributed by atoms with E-state index in [1.165, 1.54) is 3.57 Å². The maximum absolute atomic E-state index is 8.64. The van der Waals surface area contributed by atoms with Gasteiger partial charge in [0.25, 0.3) is 0 Å². The van der Waals surface area contributed by atoms with E-state index in [1.807, 2.05) is 30.3 Å². The molecule has 0 amide bonds. The fourth-order valence-electron chi connectivity index (χ4n) is 1.12. The average molecular weight is 295 g/mol. The van der Waals surface area contributed by atoms with Crippen LogP contribution in [0.1, 0.15) is 5.56 Å². The standard InChI is InChI=1S/C10H6IN3/c11-9-1-3-10(4-2-9)14-7-8(5-12)6-13-14/h1-4,6-7H.